The third-order valence-corrected chi connectivity index (χ3v) is 5.60. The number of hydrogen-bond acceptors (Lipinski definition) is 6. The van der Waals surface area contributed by atoms with Crippen LogP contribution in [-0.2, 0) is 29.2 Å². The number of carbonyl (C=O) groups excluding carboxylic acids is 2. The number of esters is 1. The van der Waals surface area contributed by atoms with Crippen molar-refractivity contribution in [2.75, 3.05) is 13.7 Å². The Morgan fingerprint density at radius 2 is 1.88 bits per heavy atom. The van der Waals surface area contributed by atoms with Gasteiger partial charge in [-0.3, -0.25) is 4.90 Å². The van der Waals surface area contributed by atoms with E-state index in [1.165, 1.54) is 7.11 Å². The molecule has 34 heavy (non-hydrogen) atoms. The van der Waals surface area contributed by atoms with Gasteiger partial charge >= 0.3 is 12.1 Å². The van der Waals surface area contributed by atoms with Crippen molar-refractivity contribution in [1.82, 2.24) is 9.47 Å². The fraction of sp³-hybridized carbons (Fsp3) is 0.385. The lowest BCUT2D eigenvalue weighted by atomic mass is 10.1. The molecule has 4 rings (SSSR count). The van der Waals surface area contributed by atoms with Gasteiger partial charge in [0.2, 0.25) is 0 Å². The first kappa shape index (κ1) is 23.6. The Bertz CT molecular complexity index is 1200. The van der Waals surface area contributed by atoms with E-state index in [0.29, 0.717) is 36.6 Å². The molecule has 1 aromatic heterocycles. The molecule has 0 spiro atoms. The highest BCUT2D eigenvalue weighted by Gasteiger charge is 2.41. The van der Waals surface area contributed by atoms with Crippen LogP contribution >= 0.6 is 0 Å². The second-order valence-corrected chi connectivity index (χ2v) is 9.39. The maximum absolute atomic E-state index is 12.4. The van der Waals surface area contributed by atoms with Gasteiger partial charge in [-0.1, -0.05) is 30.3 Å². The minimum Gasteiger partial charge on any atom is -0.488 e. The van der Waals surface area contributed by atoms with E-state index >= 15 is 0 Å². The summed E-state index contributed by atoms with van der Waals surface area (Å²) in [6, 6.07) is 13.0. The molecular weight excluding hydrogens is 436 g/mol. The molecule has 1 saturated heterocycles. The van der Waals surface area contributed by atoms with Crippen LogP contribution in [0.25, 0.3) is 10.9 Å². The van der Waals surface area contributed by atoms with E-state index in [-0.39, 0.29) is 18.7 Å². The van der Waals surface area contributed by atoms with Crippen LogP contribution in [0.3, 0.4) is 0 Å². The van der Waals surface area contributed by atoms with E-state index in [1.807, 2.05) is 61.9 Å². The molecule has 0 unspecified atom stereocenters. The van der Waals surface area contributed by atoms with Crippen molar-refractivity contribution in [3.8, 4) is 5.75 Å². The molecule has 2 heterocycles. The van der Waals surface area contributed by atoms with Crippen molar-refractivity contribution >= 4 is 23.0 Å². The van der Waals surface area contributed by atoms with Gasteiger partial charge in [-0.2, -0.15) is 0 Å². The third-order valence-electron chi connectivity index (χ3n) is 5.60. The molecule has 3 aromatic rings. The molecule has 1 N–H and O–H groups in total. The summed E-state index contributed by atoms with van der Waals surface area (Å²) in [5.41, 5.74) is 2.18. The van der Waals surface area contributed by atoms with Gasteiger partial charge in [0.25, 0.3) is 0 Å². The maximum atomic E-state index is 12.4. The number of rotatable bonds is 7. The summed E-state index contributed by atoms with van der Waals surface area (Å²) in [6.07, 6.45) is 1.49. The zero-order chi connectivity index (χ0) is 24.5. The largest absolute Gasteiger partial charge is 0.488 e. The predicted octanol–water partition coefficient (Wildman–Crippen LogP) is 4.12. The van der Waals surface area contributed by atoms with Crippen molar-refractivity contribution < 1.29 is 28.9 Å². The van der Waals surface area contributed by atoms with Crippen molar-refractivity contribution in [1.29, 1.82) is 0 Å². The number of hydrogen-bond donors (Lipinski definition) is 1. The summed E-state index contributed by atoms with van der Waals surface area (Å²) in [5.74, 6) is 0.0101. The number of nitrogens with zero attached hydrogens (tertiary/aromatic N) is 2. The van der Waals surface area contributed by atoms with E-state index in [9.17, 15) is 14.7 Å². The minimum absolute atomic E-state index is 0.0348. The maximum Gasteiger partial charge on any atom is 0.410 e. The summed E-state index contributed by atoms with van der Waals surface area (Å²) >= 11 is 0. The smallest absolute Gasteiger partial charge is 0.410 e. The van der Waals surface area contributed by atoms with Crippen molar-refractivity contribution in [3.63, 3.8) is 0 Å². The van der Waals surface area contributed by atoms with Crippen molar-refractivity contribution in [3.05, 3.63) is 65.4 Å². The van der Waals surface area contributed by atoms with Crippen LogP contribution in [0, 0.1) is 0 Å². The Hall–Kier alpha value is -3.52. The number of ether oxygens (including phenoxy) is 3. The number of benzene rings is 2. The lowest BCUT2D eigenvalue weighted by Crippen LogP contribution is -2.28. The number of methoxy groups -OCH3 is 1. The van der Waals surface area contributed by atoms with Gasteiger partial charge in [-0.15, -0.1) is 0 Å². The van der Waals surface area contributed by atoms with Gasteiger partial charge in [0.05, 0.1) is 30.8 Å². The lowest BCUT2D eigenvalue weighted by molar-refractivity contribution is 0.0404. The number of aliphatic hydroxyl groups is 1. The normalized spacial score (nSPS) is 15.3. The second kappa shape index (κ2) is 9.38. The average molecular weight is 467 g/mol. The van der Waals surface area contributed by atoms with Gasteiger partial charge in [0, 0.05) is 30.2 Å². The van der Waals surface area contributed by atoms with Gasteiger partial charge in [0.15, 0.2) is 0 Å². The molecule has 1 amide bonds. The molecule has 1 atom stereocenters. The van der Waals surface area contributed by atoms with Crippen LogP contribution in [0.5, 0.6) is 5.75 Å². The molecule has 8 nitrogen and oxygen atoms in total. The standard InChI is InChI=1S/C26H30N2O6/c1-26(2,3)34-25(31)28-14-20(28)13-27-12-19(15-29)23-21(27)10-18(24(30)32-4)11-22(23)33-16-17-8-6-5-7-9-17/h5-12,20,29H,13-16H2,1-4H3/t20-,28?/m0/s1. The Morgan fingerprint density at radius 1 is 1.15 bits per heavy atom. The van der Waals surface area contributed by atoms with E-state index in [2.05, 4.69) is 0 Å². The topological polar surface area (TPSA) is 90.0 Å². The molecule has 1 fully saturated rings. The monoisotopic (exact) mass is 466 g/mol. The predicted molar refractivity (Wildman–Crippen MR) is 127 cm³/mol. The number of aliphatic hydroxyl groups excluding tert-OH is 1. The molecule has 1 aliphatic heterocycles. The summed E-state index contributed by atoms with van der Waals surface area (Å²) < 4.78 is 18.5. The average Bonchev–Trinajstić information content (AvgIpc) is 3.49. The molecule has 8 heteroatoms. The molecule has 1 aliphatic rings. The van der Waals surface area contributed by atoms with Crippen LogP contribution < -0.4 is 4.74 Å². The Labute approximate surface area is 198 Å². The summed E-state index contributed by atoms with van der Waals surface area (Å²) in [4.78, 5) is 26.4. The van der Waals surface area contributed by atoms with Crippen LogP contribution in [0.15, 0.2) is 48.7 Å². The summed E-state index contributed by atoms with van der Waals surface area (Å²) in [7, 11) is 1.33. The summed E-state index contributed by atoms with van der Waals surface area (Å²) in [5, 5.41) is 10.8. The highest BCUT2D eigenvalue weighted by atomic mass is 16.6. The number of amides is 1. The highest BCUT2D eigenvalue weighted by Crippen LogP contribution is 2.35. The second-order valence-electron chi connectivity index (χ2n) is 9.39. The van der Waals surface area contributed by atoms with E-state index in [4.69, 9.17) is 14.2 Å². The third kappa shape index (κ3) is 5.17. The molecule has 2 aromatic carbocycles. The highest BCUT2D eigenvalue weighted by molar-refractivity contribution is 5.99. The van der Waals surface area contributed by atoms with Crippen molar-refractivity contribution in [2.24, 2.45) is 0 Å². The molecular formula is C26H30N2O6. The first-order valence-electron chi connectivity index (χ1n) is 11.2. The SMILES string of the molecule is COC(=O)c1cc(OCc2ccccc2)c2c(CO)cn(C[C@H]3CN3C(=O)OC(C)(C)C)c2c1. The molecule has 0 aliphatic carbocycles. The zero-order valence-electron chi connectivity index (χ0n) is 19.9. The fourth-order valence-corrected chi connectivity index (χ4v) is 3.94. The van der Waals surface area contributed by atoms with E-state index in [0.717, 1.165) is 16.5 Å². The Morgan fingerprint density at radius 3 is 2.53 bits per heavy atom. The van der Waals surface area contributed by atoms with E-state index in [1.54, 1.807) is 17.0 Å². The molecule has 0 saturated carbocycles. The van der Waals surface area contributed by atoms with Crippen molar-refractivity contribution in [2.45, 2.75) is 52.2 Å². The Kier molecular flexibility index (Phi) is 6.52. The van der Waals surface area contributed by atoms with Crippen LogP contribution in [0.2, 0.25) is 0 Å². The van der Waals surface area contributed by atoms with Gasteiger partial charge in [-0.05, 0) is 38.5 Å². The minimum atomic E-state index is -0.561. The number of fused-ring (bicyclic) bond motifs is 1. The number of aromatic nitrogens is 1. The zero-order valence-corrected chi connectivity index (χ0v) is 19.9. The van der Waals surface area contributed by atoms with Gasteiger partial charge in [0.1, 0.15) is 18.0 Å². The Balaban J connectivity index is 1.65. The number of carbonyl (C=O) groups is 2. The molecule has 0 bridgehead atoms. The first-order chi connectivity index (χ1) is 16.2. The lowest BCUT2D eigenvalue weighted by Gasteiger charge is -2.20. The van der Waals surface area contributed by atoms with Gasteiger partial charge in [-0.25, -0.2) is 9.59 Å². The summed E-state index contributed by atoms with van der Waals surface area (Å²) in [6.45, 7) is 6.70. The molecule has 0 radical (unpaired) electrons. The van der Waals surface area contributed by atoms with Gasteiger partial charge < -0.3 is 23.9 Å². The molecule has 180 valence electrons. The van der Waals surface area contributed by atoms with Crippen LogP contribution in [0.4, 0.5) is 4.79 Å². The fourth-order valence-electron chi connectivity index (χ4n) is 3.94. The van der Waals surface area contributed by atoms with Crippen LogP contribution in [0.1, 0.15) is 42.3 Å². The first-order valence-corrected chi connectivity index (χ1v) is 11.2. The van der Waals surface area contributed by atoms with Crippen LogP contribution in [-0.4, -0.2) is 51.9 Å². The van der Waals surface area contributed by atoms with E-state index < -0.39 is 11.6 Å². The quantitative estimate of drug-likeness (QED) is 0.416.